The molecule has 3 heterocycles. The van der Waals surface area contributed by atoms with Crippen LogP contribution in [0.15, 0.2) is 12.2 Å². The minimum atomic E-state index is -1.98. The number of hydrogen-bond acceptors (Lipinski definition) is 18. The quantitative estimate of drug-likeness (QED) is 0.0199. The normalized spacial score (nSPS) is 28.6. The van der Waals surface area contributed by atoms with Gasteiger partial charge in [0.2, 0.25) is 5.91 Å². The van der Waals surface area contributed by atoms with Crippen LogP contribution in [0.4, 0.5) is 0 Å². The number of carbonyl (C=O) groups is 1. The maximum atomic E-state index is 13.4. The van der Waals surface area contributed by atoms with Crippen LogP contribution in [0.2, 0.25) is 0 Å². The first kappa shape index (κ1) is 79.8. The van der Waals surface area contributed by atoms with Crippen LogP contribution in [0.3, 0.4) is 0 Å². The average Bonchev–Trinajstić information content (AvgIpc) is 1.16. The van der Waals surface area contributed by atoms with Gasteiger partial charge in [0.15, 0.2) is 18.9 Å². The van der Waals surface area contributed by atoms with E-state index in [9.17, 15) is 61.0 Å². The van der Waals surface area contributed by atoms with Gasteiger partial charge in [0.05, 0.1) is 38.6 Å². The van der Waals surface area contributed by atoms with Crippen LogP contribution >= 0.6 is 0 Å². The molecule has 0 aliphatic carbocycles. The molecule has 3 aliphatic rings. The van der Waals surface area contributed by atoms with E-state index in [-0.39, 0.29) is 18.9 Å². The van der Waals surface area contributed by atoms with Gasteiger partial charge in [0, 0.05) is 6.42 Å². The first-order valence-electron chi connectivity index (χ1n) is 35.4. The number of ether oxygens (including phenoxy) is 6. The van der Waals surface area contributed by atoms with Crippen molar-refractivity contribution in [2.45, 2.75) is 388 Å². The molecule has 3 rings (SSSR count). The van der Waals surface area contributed by atoms with Gasteiger partial charge in [-0.15, -0.1) is 0 Å². The highest BCUT2D eigenvalue weighted by atomic mass is 16.8. The Hall–Kier alpha value is -1.47. The van der Waals surface area contributed by atoms with Gasteiger partial charge in [-0.25, -0.2) is 0 Å². The molecule has 0 aromatic rings. The summed E-state index contributed by atoms with van der Waals surface area (Å²) in [7, 11) is 0. The molecule has 0 bridgehead atoms. The molecule has 17 atom stereocenters. The Bertz CT molecular complexity index is 1630. The van der Waals surface area contributed by atoms with E-state index in [0.717, 1.165) is 44.9 Å². The van der Waals surface area contributed by atoms with E-state index in [1.54, 1.807) is 6.08 Å². The van der Waals surface area contributed by atoms with Crippen LogP contribution in [0.1, 0.15) is 284 Å². The zero-order chi connectivity index (χ0) is 63.3. The van der Waals surface area contributed by atoms with Gasteiger partial charge in [0.1, 0.15) is 73.2 Å². The van der Waals surface area contributed by atoms with Crippen molar-refractivity contribution < 1.29 is 89.4 Å². The van der Waals surface area contributed by atoms with E-state index in [0.29, 0.717) is 6.42 Å². The molecule has 0 saturated carbocycles. The molecule has 19 nitrogen and oxygen atoms in total. The molecule has 19 heteroatoms. The zero-order valence-electron chi connectivity index (χ0n) is 54.3. The summed E-state index contributed by atoms with van der Waals surface area (Å²) < 4.78 is 34.4. The number of aliphatic hydroxyl groups is 11. The number of unbranched alkanes of at least 4 members (excludes halogenated alkanes) is 39. The van der Waals surface area contributed by atoms with Gasteiger partial charge in [0.25, 0.3) is 0 Å². The largest absolute Gasteiger partial charge is 0.394 e. The zero-order valence-corrected chi connectivity index (χ0v) is 54.3. The van der Waals surface area contributed by atoms with Gasteiger partial charge in [-0.2, -0.15) is 0 Å². The molecule has 1 amide bonds. The molecule has 0 aromatic carbocycles. The van der Waals surface area contributed by atoms with Crippen LogP contribution in [0.5, 0.6) is 0 Å². The highest BCUT2D eigenvalue weighted by molar-refractivity contribution is 5.76. The number of rotatable bonds is 55. The van der Waals surface area contributed by atoms with Crippen LogP contribution in [0, 0.1) is 0 Å². The van der Waals surface area contributed by atoms with Crippen molar-refractivity contribution in [2.24, 2.45) is 0 Å². The minimum absolute atomic E-state index is 0.249. The molecular formula is C68H129NO18. The molecule has 514 valence electrons. The van der Waals surface area contributed by atoms with E-state index in [2.05, 4.69) is 19.2 Å². The highest BCUT2D eigenvalue weighted by Crippen LogP contribution is 2.33. The SMILES string of the molecule is CCCCCCCCCCCCCCCCCCCCCCCCCCC/C=C/C(O)C(COC1OC(CO)C(OC2OC(CO)C(OC3OC(CO)C(O)C(O)C3O)C(O)C2O)C(O)C1O)NC(=O)CCCCCCCCCCCCCCCCC. The van der Waals surface area contributed by atoms with E-state index in [1.807, 2.05) is 6.08 Å². The number of nitrogens with one attached hydrogen (secondary N) is 1. The second-order valence-corrected chi connectivity index (χ2v) is 25.7. The Labute approximate surface area is 525 Å². The third-order valence-corrected chi connectivity index (χ3v) is 18.1. The van der Waals surface area contributed by atoms with Crippen molar-refractivity contribution in [3.63, 3.8) is 0 Å². The standard InChI is InChI=1S/C68H129NO18/c1-3-5-7-9-11-13-15-17-19-20-21-22-23-24-25-26-27-28-29-30-32-33-35-37-39-41-43-45-52(73)51(69-56(74)46-44-42-40-38-36-34-31-18-16-14-12-10-8-6-4-2)50-82-66-62(80)59(77)64(54(48-71)84-66)87-68-63(81)60(78)65(55(49-72)85-68)86-67-61(79)58(76)57(75)53(47-70)83-67/h43,45,51-55,57-68,70-73,75-81H,3-42,44,46-50H2,1-2H3,(H,69,74)/b45-43+. The minimum Gasteiger partial charge on any atom is -0.394 e. The van der Waals surface area contributed by atoms with Gasteiger partial charge < -0.3 is 89.9 Å². The summed E-state index contributed by atoms with van der Waals surface area (Å²) in [5.74, 6) is -0.270. The highest BCUT2D eigenvalue weighted by Gasteiger charge is 2.53. The number of carbonyl (C=O) groups excluding carboxylic acids is 1. The molecular weight excluding hydrogens is 1120 g/mol. The summed E-state index contributed by atoms with van der Waals surface area (Å²) in [5, 5.41) is 120. The Morgan fingerprint density at radius 1 is 0.402 bits per heavy atom. The fraction of sp³-hybridized carbons (Fsp3) is 0.956. The van der Waals surface area contributed by atoms with E-state index in [1.165, 1.54) is 212 Å². The summed E-state index contributed by atoms with van der Waals surface area (Å²) in [6.07, 6.45) is 29.1. The summed E-state index contributed by atoms with van der Waals surface area (Å²) in [4.78, 5) is 13.4. The lowest BCUT2D eigenvalue weighted by atomic mass is 9.96. The molecule has 0 spiro atoms. The molecule has 3 fully saturated rings. The predicted molar refractivity (Wildman–Crippen MR) is 337 cm³/mol. The summed E-state index contributed by atoms with van der Waals surface area (Å²) in [6, 6.07) is -0.968. The summed E-state index contributed by atoms with van der Waals surface area (Å²) in [6.45, 7) is 1.77. The Kier molecular flexibility index (Phi) is 46.8. The van der Waals surface area contributed by atoms with Crippen LogP contribution < -0.4 is 5.32 Å². The third-order valence-electron chi connectivity index (χ3n) is 18.1. The second-order valence-electron chi connectivity index (χ2n) is 25.7. The van der Waals surface area contributed by atoms with Gasteiger partial charge >= 0.3 is 0 Å². The Balaban J connectivity index is 1.42. The maximum absolute atomic E-state index is 13.4. The average molecular weight is 1250 g/mol. The van der Waals surface area contributed by atoms with Crippen molar-refractivity contribution in [1.29, 1.82) is 0 Å². The second kappa shape index (κ2) is 51.0. The maximum Gasteiger partial charge on any atom is 0.220 e. The number of amides is 1. The Morgan fingerprint density at radius 3 is 1.08 bits per heavy atom. The monoisotopic (exact) mass is 1250 g/mol. The summed E-state index contributed by atoms with van der Waals surface area (Å²) >= 11 is 0. The van der Waals surface area contributed by atoms with Crippen molar-refractivity contribution in [1.82, 2.24) is 5.32 Å². The van der Waals surface area contributed by atoms with Gasteiger partial charge in [-0.05, 0) is 19.3 Å². The van der Waals surface area contributed by atoms with E-state index in [4.69, 9.17) is 28.4 Å². The lowest BCUT2D eigenvalue weighted by Gasteiger charge is -2.48. The fourth-order valence-electron chi connectivity index (χ4n) is 12.3. The molecule has 12 N–H and O–H groups in total. The Morgan fingerprint density at radius 2 is 0.713 bits per heavy atom. The first-order valence-corrected chi connectivity index (χ1v) is 35.4. The molecule has 3 aliphatic heterocycles. The van der Waals surface area contributed by atoms with Crippen molar-refractivity contribution >= 4 is 5.91 Å². The topological polar surface area (TPSA) is 307 Å². The summed E-state index contributed by atoms with van der Waals surface area (Å²) in [5.41, 5.74) is 0. The van der Waals surface area contributed by atoms with Crippen LogP contribution in [0.25, 0.3) is 0 Å². The van der Waals surface area contributed by atoms with E-state index < -0.39 is 124 Å². The van der Waals surface area contributed by atoms with Crippen molar-refractivity contribution in [3.05, 3.63) is 12.2 Å². The molecule has 0 radical (unpaired) electrons. The third kappa shape index (κ3) is 33.3. The lowest BCUT2D eigenvalue weighted by molar-refractivity contribution is -0.379. The fourth-order valence-corrected chi connectivity index (χ4v) is 12.3. The van der Waals surface area contributed by atoms with Crippen LogP contribution in [-0.2, 0) is 33.2 Å². The number of hydrogen-bond donors (Lipinski definition) is 12. The predicted octanol–water partition coefficient (Wildman–Crippen LogP) is 9.28. The van der Waals surface area contributed by atoms with Gasteiger partial charge in [-0.3, -0.25) is 4.79 Å². The number of allylic oxidation sites excluding steroid dienone is 1. The van der Waals surface area contributed by atoms with Crippen LogP contribution in [-0.4, -0.2) is 193 Å². The molecule has 87 heavy (non-hydrogen) atoms. The number of aliphatic hydroxyl groups excluding tert-OH is 11. The lowest BCUT2D eigenvalue weighted by Crippen LogP contribution is -2.66. The molecule has 3 saturated heterocycles. The molecule has 0 aromatic heterocycles. The van der Waals surface area contributed by atoms with Crippen molar-refractivity contribution in [3.8, 4) is 0 Å². The van der Waals surface area contributed by atoms with E-state index >= 15 is 0 Å². The first-order chi connectivity index (χ1) is 42.3. The van der Waals surface area contributed by atoms with Gasteiger partial charge in [-0.1, -0.05) is 270 Å². The molecule has 17 unspecified atom stereocenters. The van der Waals surface area contributed by atoms with Crippen molar-refractivity contribution in [2.75, 3.05) is 26.4 Å². The smallest absolute Gasteiger partial charge is 0.220 e.